The van der Waals surface area contributed by atoms with Crippen molar-refractivity contribution in [3.63, 3.8) is 0 Å². The summed E-state index contributed by atoms with van der Waals surface area (Å²) in [4.78, 5) is 15.7. The van der Waals surface area contributed by atoms with Crippen LogP contribution in [0.15, 0.2) is 30.3 Å². The number of carboxylic acid groups (broad SMARTS) is 1. The fourth-order valence-electron chi connectivity index (χ4n) is 1.22. The molecule has 1 rings (SSSR count). The molecule has 5 heteroatoms. The van der Waals surface area contributed by atoms with E-state index in [-0.39, 0.29) is 6.79 Å². The van der Waals surface area contributed by atoms with Crippen molar-refractivity contribution in [3.8, 4) is 0 Å². The Balaban J connectivity index is 2.48. The molecule has 1 aromatic rings. The molecule has 1 unspecified atom stereocenters. The third-order valence-electron chi connectivity index (χ3n) is 1.98. The van der Waals surface area contributed by atoms with Crippen molar-refractivity contribution in [2.75, 3.05) is 13.9 Å². The van der Waals surface area contributed by atoms with Gasteiger partial charge in [-0.3, -0.25) is 9.63 Å². The van der Waals surface area contributed by atoms with Crippen LogP contribution in [0.2, 0.25) is 0 Å². The van der Waals surface area contributed by atoms with Gasteiger partial charge in [-0.25, -0.2) is 0 Å². The van der Waals surface area contributed by atoms with Gasteiger partial charge in [0, 0.05) is 13.5 Å². The second-order valence-corrected chi connectivity index (χ2v) is 3.25. The van der Waals surface area contributed by atoms with Gasteiger partial charge in [-0.2, -0.15) is 5.48 Å². The van der Waals surface area contributed by atoms with Gasteiger partial charge >= 0.3 is 5.97 Å². The molecular weight excluding hydrogens is 210 g/mol. The number of hydrogen-bond acceptors (Lipinski definition) is 4. The molecule has 88 valence electrons. The number of benzene rings is 1. The molecule has 0 radical (unpaired) electrons. The molecule has 0 fully saturated rings. The SMILES string of the molecule is COCONC(Cc1ccccc1)C(=O)O. The highest BCUT2D eigenvalue weighted by atomic mass is 16.7. The first-order valence-electron chi connectivity index (χ1n) is 4.87. The number of nitrogens with one attached hydrogen (secondary N) is 1. The molecule has 0 bridgehead atoms. The molecule has 1 atom stereocenters. The smallest absolute Gasteiger partial charge is 0.323 e. The summed E-state index contributed by atoms with van der Waals surface area (Å²) >= 11 is 0. The van der Waals surface area contributed by atoms with Crippen molar-refractivity contribution in [2.45, 2.75) is 12.5 Å². The predicted octanol–water partition coefficient (Wildman–Crippen LogP) is 0.807. The average molecular weight is 225 g/mol. The standard InChI is InChI=1S/C11H15NO4/c1-15-8-16-12-10(11(13)14)7-9-5-3-2-4-6-9/h2-6,10,12H,7-8H2,1H3,(H,13,14). The summed E-state index contributed by atoms with van der Waals surface area (Å²) in [5, 5.41) is 8.95. The molecule has 0 saturated carbocycles. The highest BCUT2D eigenvalue weighted by Gasteiger charge is 2.17. The average Bonchev–Trinajstić information content (AvgIpc) is 2.29. The normalized spacial score (nSPS) is 12.3. The first-order valence-corrected chi connectivity index (χ1v) is 4.87. The molecule has 0 aliphatic heterocycles. The molecule has 0 aliphatic rings. The summed E-state index contributed by atoms with van der Waals surface area (Å²) in [6.07, 6.45) is 0.361. The molecule has 0 saturated heterocycles. The van der Waals surface area contributed by atoms with E-state index < -0.39 is 12.0 Å². The second-order valence-electron chi connectivity index (χ2n) is 3.25. The lowest BCUT2D eigenvalue weighted by Crippen LogP contribution is -2.38. The number of hydrogen-bond donors (Lipinski definition) is 2. The third-order valence-corrected chi connectivity index (χ3v) is 1.98. The Kier molecular flexibility index (Phi) is 5.49. The lowest BCUT2D eigenvalue weighted by Gasteiger charge is -2.13. The Morgan fingerprint density at radius 1 is 1.44 bits per heavy atom. The maximum Gasteiger partial charge on any atom is 0.323 e. The molecule has 1 aromatic carbocycles. The highest BCUT2D eigenvalue weighted by molar-refractivity contribution is 5.73. The van der Waals surface area contributed by atoms with Crippen molar-refractivity contribution < 1.29 is 19.5 Å². The second kappa shape index (κ2) is 6.95. The maximum atomic E-state index is 10.9. The minimum Gasteiger partial charge on any atom is -0.480 e. The minimum absolute atomic E-state index is 0.0125. The van der Waals surface area contributed by atoms with E-state index in [2.05, 4.69) is 10.2 Å². The summed E-state index contributed by atoms with van der Waals surface area (Å²) in [6, 6.07) is 8.57. The van der Waals surface area contributed by atoms with Crippen LogP contribution >= 0.6 is 0 Å². The van der Waals surface area contributed by atoms with E-state index in [1.807, 2.05) is 30.3 Å². The Morgan fingerprint density at radius 2 is 2.12 bits per heavy atom. The first-order chi connectivity index (χ1) is 7.74. The lowest BCUT2D eigenvalue weighted by atomic mass is 10.1. The number of carbonyl (C=O) groups is 1. The van der Waals surface area contributed by atoms with Gasteiger partial charge in [0.2, 0.25) is 0 Å². The zero-order chi connectivity index (χ0) is 11.8. The van der Waals surface area contributed by atoms with Crippen molar-refractivity contribution >= 4 is 5.97 Å². The van der Waals surface area contributed by atoms with E-state index >= 15 is 0 Å². The number of carboxylic acids is 1. The van der Waals surface area contributed by atoms with Crippen molar-refractivity contribution in [1.29, 1.82) is 0 Å². The number of methoxy groups -OCH3 is 1. The fourth-order valence-corrected chi connectivity index (χ4v) is 1.22. The number of rotatable bonds is 7. The van der Waals surface area contributed by atoms with Gasteiger partial charge in [0.1, 0.15) is 6.04 Å². The Hall–Kier alpha value is -1.43. The van der Waals surface area contributed by atoms with Gasteiger partial charge < -0.3 is 9.84 Å². The molecule has 5 nitrogen and oxygen atoms in total. The Bertz CT molecular complexity index is 315. The van der Waals surface area contributed by atoms with Gasteiger partial charge in [-0.05, 0) is 5.56 Å². The zero-order valence-corrected chi connectivity index (χ0v) is 9.05. The van der Waals surface area contributed by atoms with Crippen LogP contribution in [0.1, 0.15) is 5.56 Å². The van der Waals surface area contributed by atoms with Gasteiger partial charge in [0.25, 0.3) is 0 Å². The van der Waals surface area contributed by atoms with Crippen LogP contribution in [-0.2, 0) is 20.8 Å². The van der Waals surface area contributed by atoms with E-state index in [0.717, 1.165) is 5.56 Å². The molecule has 16 heavy (non-hydrogen) atoms. The van der Waals surface area contributed by atoms with E-state index in [9.17, 15) is 4.79 Å². The highest BCUT2D eigenvalue weighted by Crippen LogP contribution is 2.03. The van der Waals surface area contributed by atoms with Gasteiger partial charge in [-0.1, -0.05) is 30.3 Å². The van der Waals surface area contributed by atoms with E-state index in [0.29, 0.717) is 6.42 Å². The fraction of sp³-hybridized carbons (Fsp3) is 0.364. The van der Waals surface area contributed by atoms with Gasteiger partial charge in [-0.15, -0.1) is 0 Å². The monoisotopic (exact) mass is 225 g/mol. The summed E-state index contributed by atoms with van der Waals surface area (Å²) in [6.45, 7) is 0.0125. The van der Waals surface area contributed by atoms with Crippen LogP contribution in [-0.4, -0.2) is 31.0 Å². The van der Waals surface area contributed by atoms with E-state index in [1.54, 1.807) is 0 Å². The maximum absolute atomic E-state index is 10.9. The van der Waals surface area contributed by atoms with Crippen molar-refractivity contribution in [1.82, 2.24) is 5.48 Å². The van der Waals surface area contributed by atoms with Crippen LogP contribution in [0, 0.1) is 0 Å². The van der Waals surface area contributed by atoms with Crippen LogP contribution in [0.5, 0.6) is 0 Å². The molecular formula is C11H15NO4. The molecule has 0 amide bonds. The summed E-state index contributed by atoms with van der Waals surface area (Å²) in [7, 11) is 1.47. The Morgan fingerprint density at radius 3 is 2.69 bits per heavy atom. The van der Waals surface area contributed by atoms with Crippen LogP contribution in [0.3, 0.4) is 0 Å². The zero-order valence-electron chi connectivity index (χ0n) is 9.05. The molecule has 2 N–H and O–H groups in total. The quantitative estimate of drug-likeness (QED) is 0.408. The number of hydroxylamine groups is 1. The molecule has 0 aromatic heterocycles. The summed E-state index contributed by atoms with van der Waals surface area (Å²) < 4.78 is 4.64. The largest absolute Gasteiger partial charge is 0.480 e. The Labute approximate surface area is 93.9 Å². The van der Waals surface area contributed by atoms with E-state index in [1.165, 1.54) is 7.11 Å². The van der Waals surface area contributed by atoms with Crippen LogP contribution in [0.4, 0.5) is 0 Å². The van der Waals surface area contributed by atoms with Gasteiger partial charge in [0.15, 0.2) is 6.79 Å². The van der Waals surface area contributed by atoms with Crippen LogP contribution in [0.25, 0.3) is 0 Å². The lowest BCUT2D eigenvalue weighted by molar-refractivity contribution is -0.149. The third kappa shape index (κ3) is 4.39. The minimum atomic E-state index is -0.958. The van der Waals surface area contributed by atoms with E-state index in [4.69, 9.17) is 9.94 Å². The summed E-state index contributed by atoms with van der Waals surface area (Å²) in [5.74, 6) is -0.958. The molecule has 0 heterocycles. The van der Waals surface area contributed by atoms with Crippen molar-refractivity contribution in [3.05, 3.63) is 35.9 Å². The molecule has 0 aliphatic carbocycles. The van der Waals surface area contributed by atoms with Gasteiger partial charge in [0.05, 0.1) is 0 Å². The van der Waals surface area contributed by atoms with Crippen LogP contribution < -0.4 is 5.48 Å². The molecule has 0 spiro atoms. The number of aliphatic carboxylic acids is 1. The first kappa shape index (κ1) is 12.6. The summed E-state index contributed by atoms with van der Waals surface area (Å²) in [5.41, 5.74) is 3.38. The number of ether oxygens (including phenoxy) is 1. The van der Waals surface area contributed by atoms with Crippen molar-refractivity contribution in [2.24, 2.45) is 0 Å². The topological polar surface area (TPSA) is 67.8 Å². The predicted molar refractivity (Wildman–Crippen MR) is 57.7 cm³/mol.